The van der Waals surface area contributed by atoms with Crippen LogP contribution in [0.2, 0.25) is 0 Å². The van der Waals surface area contributed by atoms with Crippen molar-refractivity contribution in [3.63, 3.8) is 0 Å². The van der Waals surface area contributed by atoms with E-state index in [9.17, 15) is 4.79 Å². The SMILES string of the molecule is CNC(=O)[C@@H]1C[C@H](N)CN1CC1CNNC1c1cc(C)ccc1C. The number of nitrogens with two attached hydrogens (primary N) is 1. The van der Waals surface area contributed by atoms with Gasteiger partial charge in [-0.3, -0.25) is 15.1 Å². The van der Waals surface area contributed by atoms with Crippen molar-refractivity contribution >= 4 is 5.91 Å². The molecule has 0 bridgehead atoms. The molecular formula is C18H29N5O. The third-order valence-electron chi connectivity index (χ3n) is 5.32. The number of hydrogen-bond donors (Lipinski definition) is 4. The van der Waals surface area contributed by atoms with Gasteiger partial charge in [-0.15, -0.1) is 0 Å². The molecule has 1 aromatic rings. The number of carbonyl (C=O) groups is 1. The maximum Gasteiger partial charge on any atom is 0.237 e. The van der Waals surface area contributed by atoms with Crippen LogP contribution in [-0.4, -0.2) is 49.6 Å². The van der Waals surface area contributed by atoms with Crippen LogP contribution in [0.1, 0.15) is 29.2 Å². The molecule has 5 N–H and O–H groups in total. The van der Waals surface area contributed by atoms with E-state index in [1.807, 2.05) is 0 Å². The lowest BCUT2D eigenvalue weighted by atomic mass is 9.90. The Balaban J connectivity index is 1.76. The van der Waals surface area contributed by atoms with Crippen LogP contribution in [0.3, 0.4) is 0 Å². The Morgan fingerprint density at radius 3 is 2.96 bits per heavy atom. The Kier molecular flexibility index (Phi) is 5.20. The molecule has 3 rings (SSSR count). The summed E-state index contributed by atoms with van der Waals surface area (Å²) in [5, 5.41) is 2.77. The van der Waals surface area contributed by atoms with Gasteiger partial charge in [-0.1, -0.05) is 23.8 Å². The van der Waals surface area contributed by atoms with E-state index in [-0.39, 0.29) is 24.0 Å². The number of aryl methyl sites for hydroxylation is 2. The third kappa shape index (κ3) is 3.47. The smallest absolute Gasteiger partial charge is 0.237 e. The van der Waals surface area contributed by atoms with Crippen molar-refractivity contribution in [3.05, 3.63) is 34.9 Å². The quantitative estimate of drug-likeness (QED) is 0.634. The Bertz CT molecular complexity index is 605. The van der Waals surface area contributed by atoms with Gasteiger partial charge < -0.3 is 11.1 Å². The molecule has 132 valence electrons. The molecule has 0 spiro atoms. The molecular weight excluding hydrogens is 302 g/mol. The van der Waals surface area contributed by atoms with Gasteiger partial charge in [0.25, 0.3) is 0 Å². The highest BCUT2D eigenvalue weighted by molar-refractivity contribution is 5.81. The number of carbonyl (C=O) groups excluding carboxylic acids is 1. The minimum absolute atomic E-state index is 0.0742. The highest BCUT2D eigenvalue weighted by Crippen LogP contribution is 2.30. The monoisotopic (exact) mass is 331 g/mol. The second-order valence-electron chi connectivity index (χ2n) is 7.20. The summed E-state index contributed by atoms with van der Waals surface area (Å²) in [7, 11) is 1.70. The third-order valence-corrected chi connectivity index (χ3v) is 5.32. The molecule has 0 radical (unpaired) electrons. The van der Waals surface area contributed by atoms with Crippen LogP contribution in [0.25, 0.3) is 0 Å². The Morgan fingerprint density at radius 2 is 2.21 bits per heavy atom. The molecule has 0 aliphatic carbocycles. The van der Waals surface area contributed by atoms with Gasteiger partial charge in [0.1, 0.15) is 0 Å². The molecule has 0 saturated carbocycles. The van der Waals surface area contributed by atoms with Crippen LogP contribution in [0, 0.1) is 19.8 Å². The van der Waals surface area contributed by atoms with Gasteiger partial charge in [0, 0.05) is 38.6 Å². The van der Waals surface area contributed by atoms with Crippen molar-refractivity contribution in [2.75, 3.05) is 26.7 Å². The van der Waals surface area contributed by atoms with E-state index >= 15 is 0 Å². The number of nitrogens with zero attached hydrogens (tertiary/aromatic N) is 1. The number of hydrogen-bond acceptors (Lipinski definition) is 5. The standard InChI is InChI=1S/C18H29N5O/c1-11-4-5-12(2)15(6-11)17-13(8-21-22-17)9-23-10-14(19)7-16(23)18(24)20-3/h4-6,13-14,16-17,21-22H,7-10,19H2,1-3H3,(H,20,24)/t13?,14-,16-,17?/m0/s1. The van der Waals surface area contributed by atoms with Crippen molar-refractivity contribution in [1.82, 2.24) is 21.1 Å². The zero-order valence-corrected chi connectivity index (χ0v) is 14.8. The van der Waals surface area contributed by atoms with Crippen LogP contribution < -0.4 is 21.9 Å². The van der Waals surface area contributed by atoms with E-state index in [0.29, 0.717) is 5.92 Å². The van der Waals surface area contributed by atoms with Crippen molar-refractivity contribution in [2.45, 2.75) is 38.4 Å². The lowest BCUT2D eigenvalue weighted by molar-refractivity contribution is -0.125. The van der Waals surface area contributed by atoms with Crippen LogP contribution in [0.4, 0.5) is 0 Å². The maximum atomic E-state index is 12.2. The topological polar surface area (TPSA) is 82.4 Å². The molecule has 2 saturated heterocycles. The number of amides is 1. The first-order valence-corrected chi connectivity index (χ1v) is 8.76. The number of likely N-dealkylation sites (tertiary alicyclic amines) is 1. The lowest BCUT2D eigenvalue weighted by Gasteiger charge is -2.29. The van der Waals surface area contributed by atoms with Crippen LogP contribution in [0.15, 0.2) is 18.2 Å². The predicted octanol–water partition coefficient (Wildman–Crippen LogP) is 0.216. The molecule has 24 heavy (non-hydrogen) atoms. The van der Waals surface area contributed by atoms with Gasteiger partial charge in [-0.05, 0) is 31.4 Å². The molecule has 2 aliphatic rings. The number of rotatable bonds is 4. The van der Waals surface area contributed by atoms with Gasteiger partial charge in [0.05, 0.1) is 12.1 Å². The Labute approximate surface area is 144 Å². The molecule has 0 aromatic heterocycles. The molecule has 6 nitrogen and oxygen atoms in total. The zero-order valence-electron chi connectivity index (χ0n) is 14.8. The summed E-state index contributed by atoms with van der Waals surface area (Å²) in [6.07, 6.45) is 0.737. The fourth-order valence-corrected chi connectivity index (χ4v) is 4.01. The first-order valence-electron chi connectivity index (χ1n) is 8.76. The summed E-state index contributed by atoms with van der Waals surface area (Å²) in [6, 6.07) is 6.82. The maximum absolute atomic E-state index is 12.2. The van der Waals surface area contributed by atoms with Crippen LogP contribution >= 0.6 is 0 Å². The van der Waals surface area contributed by atoms with Gasteiger partial charge in [-0.25, -0.2) is 5.43 Å². The van der Waals surface area contributed by atoms with E-state index in [4.69, 9.17) is 5.73 Å². The van der Waals surface area contributed by atoms with E-state index in [1.165, 1.54) is 16.7 Å². The fraction of sp³-hybridized carbons (Fsp3) is 0.611. The van der Waals surface area contributed by atoms with Gasteiger partial charge in [-0.2, -0.15) is 0 Å². The Hall–Kier alpha value is -1.47. The highest BCUT2D eigenvalue weighted by Gasteiger charge is 2.38. The second kappa shape index (κ2) is 7.19. The van der Waals surface area contributed by atoms with Gasteiger partial charge in [0.15, 0.2) is 0 Å². The first-order chi connectivity index (χ1) is 11.5. The molecule has 6 heteroatoms. The fourth-order valence-electron chi connectivity index (χ4n) is 4.01. The minimum Gasteiger partial charge on any atom is -0.358 e. The van der Waals surface area contributed by atoms with Crippen molar-refractivity contribution in [1.29, 1.82) is 0 Å². The van der Waals surface area contributed by atoms with E-state index in [1.54, 1.807) is 7.05 Å². The van der Waals surface area contributed by atoms with Crippen molar-refractivity contribution in [2.24, 2.45) is 11.7 Å². The largest absolute Gasteiger partial charge is 0.358 e. The molecule has 1 aromatic carbocycles. The summed E-state index contributed by atoms with van der Waals surface area (Å²) in [6.45, 7) is 6.83. The summed E-state index contributed by atoms with van der Waals surface area (Å²) in [5.74, 6) is 0.480. The summed E-state index contributed by atoms with van der Waals surface area (Å²) in [5.41, 5.74) is 16.8. The average molecular weight is 331 g/mol. The number of likely N-dealkylation sites (N-methyl/N-ethyl adjacent to an activating group) is 1. The summed E-state index contributed by atoms with van der Waals surface area (Å²) >= 11 is 0. The number of hydrazine groups is 1. The predicted molar refractivity (Wildman–Crippen MR) is 95.3 cm³/mol. The van der Waals surface area contributed by atoms with Crippen LogP contribution in [0.5, 0.6) is 0 Å². The average Bonchev–Trinajstić information content (AvgIpc) is 3.16. The molecule has 2 heterocycles. The lowest BCUT2D eigenvalue weighted by Crippen LogP contribution is -2.44. The molecule has 4 atom stereocenters. The highest BCUT2D eigenvalue weighted by atomic mass is 16.2. The van der Waals surface area contributed by atoms with E-state index in [0.717, 1.165) is 26.1 Å². The molecule has 2 fully saturated rings. The molecule has 2 aliphatic heterocycles. The van der Waals surface area contributed by atoms with Gasteiger partial charge >= 0.3 is 0 Å². The minimum atomic E-state index is -0.107. The zero-order chi connectivity index (χ0) is 17.3. The Morgan fingerprint density at radius 1 is 1.42 bits per heavy atom. The molecule has 2 unspecified atom stereocenters. The van der Waals surface area contributed by atoms with Crippen molar-refractivity contribution < 1.29 is 4.79 Å². The van der Waals surface area contributed by atoms with Crippen LogP contribution in [-0.2, 0) is 4.79 Å². The molecule has 1 amide bonds. The van der Waals surface area contributed by atoms with Gasteiger partial charge in [0.2, 0.25) is 5.91 Å². The summed E-state index contributed by atoms with van der Waals surface area (Å²) < 4.78 is 0. The first kappa shape index (κ1) is 17.4. The normalized spacial score (nSPS) is 30.7. The van der Waals surface area contributed by atoms with E-state index < -0.39 is 0 Å². The number of benzene rings is 1. The summed E-state index contributed by atoms with van der Waals surface area (Å²) in [4.78, 5) is 14.4. The number of nitrogens with one attached hydrogen (secondary N) is 3. The van der Waals surface area contributed by atoms with Crippen molar-refractivity contribution in [3.8, 4) is 0 Å². The van der Waals surface area contributed by atoms with E-state index in [2.05, 4.69) is 53.1 Å². The second-order valence-corrected chi connectivity index (χ2v) is 7.20.